The summed E-state index contributed by atoms with van der Waals surface area (Å²) in [5.41, 5.74) is 1.90. The van der Waals surface area contributed by atoms with Crippen molar-refractivity contribution in [3.8, 4) is 6.07 Å². The molecule has 0 amide bonds. The van der Waals surface area contributed by atoms with Gasteiger partial charge in [0.15, 0.2) is 5.78 Å². The van der Waals surface area contributed by atoms with Crippen LogP contribution in [-0.4, -0.2) is 5.78 Å². The molecule has 0 fully saturated rings. The SMILES string of the molecule is CC(C)C(C#N)C(=O)c1ccc(C(C)(C)C)cc1. The minimum absolute atomic E-state index is 0.0461. The molecule has 0 N–H and O–H groups in total. The van der Waals surface area contributed by atoms with Crippen molar-refractivity contribution < 1.29 is 4.79 Å². The normalized spacial score (nSPS) is 13.2. The third kappa shape index (κ3) is 3.20. The molecule has 96 valence electrons. The summed E-state index contributed by atoms with van der Waals surface area (Å²) in [5.74, 6) is -0.580. The number of hydrogen-bond acceptors (Lipinski definition) is 2. The zero-order valence-electron chi connectivity index (χ0n) is 11.8. The highest BCUT2D eigenvalue weighted by atomic mass is 16.1. The highest BCUT2D eigenvalue weighted by Gasteiger charge is 2.23. The van der Waals surface area contributed by atoms with Crippen molar-refractivity contribution in [2.45, 2.75) is 40.0 Å². The predicted octanol–water partition coefficient (Wildman–Crippen LogP) is 3.96. The summed E-state index contributed by atoms with van der Waals surface area (Å²) in [4.78, 5) is 12.2. The lowest BCUT2D eigenvalue weighted by molar-refractivity contribution is 0.0924. The second-order valence-corrected chi connectivity index (χ2v) is 6.04. The molecule has 0 aliphatic carbocycles. The molecular weight excluding hydrogens is 222 g/mol. The van der Waals surface area contributed by atoms with Crippen LogP contribution in [-0.2, 0) is 5.41 Å². The van der Waals surface area contributed by atoms with Crippen LogP contribution in [0.4, 0.5) is 0 Å². The highest BCUT2D eigenvalue weighted by molar-refractivity contribution is 5.99. The van der Waals surface area contributed by atoms with E-state index in [1.54, 1.807) is 0 Å². The second-order valence-electron chi connectivity index (χ2n) is 6.04. The second kappa shape index (κ2) is 5.35. The molecule has 2 nitrogen and oxygen atoms in total. The molecule has 0 heterocycles. The number of hydrogen-bond donors (Lipinski definition) is 0. The fourth-order valence-corrected chi connectivity index (χ4v) is 1.82. The standard InChI is InChI=1S/C16H21NO/c1-11(2)14(10-17)15(18)12-6-8-13(9-7-12)16(3,4)5/h6-9,11,14H,1-5H3. The van der Waals surface area contributed by atoms with Crippen LogP contribution in [0.1, 0.15) is 50.5 Å². The van der Waals surface area contributed by atoms with Crippen LogP contribution in [0, 0.1) is 23.2 Å². The van der Waals surface area contributed by atoms with Gasteiger partial charge in [-0.25, -0.2) is 0 Å². The van der Waals surface area contributed by atoms with Gasteiger partial charge in [-0.2, -0.15) is 5.26 Å². The van der Waals surface area contributed by atoms with E-state index in [9.17, 15) is 4.79 Å². The molecule has 0 saturated carbocycles. The lowest BCUT2D eigenvalue weighted by Crippen LogP contribution is -2.19. The van der Waals surface area contributed by atoms with E-state index in [1.807, 2.05) is 38.1 Å². The van der Waals surface area contributed by atoms with Gasteiger partial charge in [-0.3, -0.25) is 4.79 Å². The van der Waals surface area contributed by atoms with Crippen molar-refractivity contribution >= 4 is 5.78 Å². The Labute approximate surface area is 110 Å². The molecular formula is C16H21NO. The summed E-state index contributed by atoms with van der Waals surface area (Å²) in [7, 11) is 0. The van der Waals surface area contributed by atoms with Gasteiger partial charge in [0, 0.05) is 5.56 Å². The van der Waals surface area contributed by atoms with Crippen LogP contribution in [0.2, 0.25) is 0 Å². The third-order valence-electron chi connectivity index (χ3n) is 3.12. The van der Waals surface area contributed by atoms with E-state index < -0.39 is 5.92 Å². The maximum atomic E-state index is 12.2. The van der Waals surface area contributed by atoms with Crippen molar-refractivity contribution in [2.75, 3.05) is 0 Å². The third-order valence-corrected chi connectivity index (χ3v) is 3.12. The molecule has 18 heavy (non-hydrogen) atoms. The molecule has 1 rings (SSSR count). The van der Waals surface area contributed by atoms with Gasteiger partial charge >= 0.3 is 0 Å². The lowest BCUT2D eigenvalue weighted by Gasteiger charge is -2.19. The van der Waals surface area contributed by atoms with Crippen molar-refractivity contribution in [3.63, 3.8) is 0 Å². The summed E-state index contributed by atoms with van der Waals surface area (Å²) < 4.78 is 0. The molecule has 0 radical (unpaired) electrons. The van der Waals surface area contributed by atoms with Crippen LogP contribution in [0.15, 0.2) is 24.3 Å². The predicted molar refractivity (Wildman–Crippen MR) is 73.4 cm³/mol. The van der Waals surface area contributed by atoms with Gasteiger partial charge < -0.3 is 0 Å². The number of carbonyl (C=O) groups is 1. The quantitative estimate of drug-likeness (QED) is 0.754. The molecule has 1 aromatic rings. The van der Waals surface area contributed by atoms with E-state index in [-0.39, 0.29) is 17.1 Å². The van der Waals surface area contributed by atoms with Crippen molar-refractivity contribution in [1.29, 1.82) is 5.26 Å². The lowest BCUT2D eigenvalue weighted by atomic mass is 9.84. The minimum atomic E-state index is -0.550. The topological polar surface area (TPSA) is 40.9 Å². The summed E-state index contributed by atoms with van der Waals surface area (Å²) in [6.07, 6.45) is 0. The first-order valence-electron chi connectivity index (χ1n) is 6.31. The molecule has 0 spiro atoms. The van der Waals surface area contributed by atoms with Gasteiger partial charge in [0.05, 0.1) is 6.07 Å². The van der Waals surface area contributed by atoms with Crippen molar-refractivity contribution in [1.82, 2.24) is 0 Å². The van der Waals surface area contributed by atoms with E-state index in [0.29, 0.717) is 5.56 Å². The maximum Gasteiger partial charge on any atom is 0.180 e. The Balaban J connectivity index is 3.00. The number of benzene rings is 1. The summed E-state index contributed by atoms with van der Waals surface area (Å²) in [6, 6.07) is 9.70. The van der Waals surface area contributed by atoms with Crippen molar-refractivity contribution in [3.05, 3.63) is 35.4 Å². The van der Waals surface area contributed by atoms with Crippen molar-refractivity contribution in [2.24, 2.45) is 11.8 Å². The molecule has 0 aliphatic rings. The van der Waals surface area contributed by atoms with E-state index >= 15 is 0 Å². The first kappa shape index (κ1) is 14.4. The molecule has 1 atom stereocenters. The molecule has 0 bridgehead atoms. The Morgan fingerprint density at radius 2 is 1.67 bits per heavy atom. The number of nitrogens with zero attached hydrogens (tertiary/aromatic N) is 1. The molecule has 1 unspecified atom stereocenters. The average molecular weight is 243 g/mol. The van der Waals surface area contributed by atoms with Gasteiger partial charge in [0.1, 0.15) is 5.92 Å². The summed E-state index contributed by atoms with van der Waals surface area (Å²) in [6.45, 7) is 10.2. The minimum Gasteiger partial charge on any atom is -0.293 e. The molecule has 1 aromatic carbocycles. The zero-order chi connectivity index (χ0) is 13.9. The molecule has 0 saturated heterocycles. The number of Topliss-reactive ketones (excluding diaryl/α,β-unsaturated/α-hetero) is 1. The first-order chi connectivity index (χ1) is 8.27. The highest BCUT2D eigenvalue weighted by Crippen LogP contribution is 2.23. The van der Waals surface area contributed by atoms with E-state index in [4.69, 9.17) is 5.26 Å². The van der Waals surface area contributed by atoms with Crippen LogP contribution < -0.4 is 0 Å². The van der Waals surface area contributed by atoms with Gasteiger partial charge in [-0.05, 0) is 16.9 Å². The average Bonchev–Trinajstić information content (AvgIpc) is 2.28. The van der Waals surface area contributed by atoms with Crippen LogP contribution >= 0.6 is 0 Å². The Morgan fingerprint density at radius 1 is 1.17 bits per heavy atom. The van der Waals surface area contributed by atoms with Crippen LogP contribution in [0.25, 0.3) is 0 Å². The number of rotatable bonds is 3. The van der Waals surface area contributed by atoms with E-state index in [1.165, 1.54) is 5.56 Å². The zero-order valence-corrected chi connectivity index (χ0v) is 11.8. The largest absolute Gasteiger partial charge is 0.293 e. The van der Waals surface area contributed by atoms with Gasteiger partial charge in [-0.15, -0.1) is 0 Å². The molecule has 0 aliphatic heterocycles. The van der Waals surface area contributed by atoms with Crippen LogP contribution in [0.3, 0.4) is 0 Å². The fraction of sp³-hybridized carbons (Fsp3) is 0.500. The maximum absolute atomic E-state index is 12.2. The Hall–Kier alpha value is -1.62. The Morgan fingerprint density at radius 3 is 2.00 bits per heavy atom. The first-order valence-corrected chi connectivity index (χ1v) is 6.31. The number of nitriles is 1. The fourth-order valence-electron chi connectivity index (χ4n) is 1.82. The molecule has 2 heteroatoms. The number of carbonyl (C=O) groups excluding carboxylic acids is 1. The Kier molecular flexibility index (Phi) is 4.29. The summed E-state index contributed by atoms with van der Waals surface area (Å²) in [5, 5.41) is 9.04. The van der Waals surface area contributed by atoms with E-state index in [0.717, 1.165) is 0 Å². The number of ketones is 1. The van der Waals surface area contributed by atoms with Crippen LogP contribution in [0.5, 0.6) is 0 Å². The van der Waals surface area contributed by atoms with Gasteiger partial charge in [0.25, 0.3) is 0 Å². The van der Waals surface area contributed by atoms with E-state index in [2.05, 4.69) is 26.8 Å². The smallest absolute Gasteiger partial charge is 0.180 e. The Bertz CT molecular complexity index is 457. The summed E-state index contributed by atoms with van der Waals surface area (Å²) >= 11 is 0. The monoisotopic (exact) mass is 243 g/mol. The van der Waals surface area contributed by atoms with Gasteiger partial charge in [0.2, 0.25) is 0 Å². The van der Waals surface area contributed by atoms with Gasteiger partial charge in [-0.1, -0.05) is 58.9 Å². The molecule has 0 aromatic heterocycles.